The molecule has 0 spiro atoms. The highest BCUT2D eigenvalue weighted by Gasteiger charge is 2.27. The van der Waals surface area contributed by atoms with Crippen LogP contribution in [0, 0.1) is 0 Å². The quantitative estimate of drug-likeness (QED) is 0.508. The molecule has 0 atom stereocenters. The Morgan fingerprint density at radius 3 is 2.67 bits per heavy atom. The fourth-order valence-electron chi connectivity index (χ4n) is 3.29. The number of aromatic nitrogens is 2. The van der Waals surface area contributed by atoms with E-state index in [2.05, 4.69) is 20.7 Å². The summed E-state index contributed by atoms with van der Waals surface area (Å²) in [6.07, 6.45) is 4.29. The number of nitrogens with zero attached hydrogens (tertiary/aromatic N) is 5. The third-order valence-corrected chi connectivity index (χ3v) is 4.81. The number of amides is 2. The molecule has 1 fully saturated rings. The van der Waals surface area contributed by atoms with Gasteiger partial charge in [-0.15, -0.1) is 0 Å². The van der Waals surface area contributed by atoms with Gasteiger partial charge >= 0.3 is 0 Å². The van der Waals surface area contributed by atoms with Crippen LogP contribution in [-0.2, 0) is 23.1 Å². The maximum Gasteiger partial charge on any atom is 0.246 e. The minimum Gasteiger partial charge on any atom is -0.356 e. The zero-order valence-corrected chi connectivity index (χ0v) is 17.5. The van der Waals surface area contributed by atoms with Crippen LogP contribution in [0.25, 0.3) is 0 Å². The van der Waals surface area contributed by atoms with Crippen molar-refractivity contribution in [2.75, 3.05) is 44.2 Å². The van der Waals surface area contributed by atoms with Crippen LogP contribution in [0.4, 0.5) is 5.69 Å². The number of aryl methyl sites for hydroxylation is 1. The zero-order valence-electron chi connectivity index (χ0n) is 17.5. The number of carbonyl (C=O) groups is 2. The average Bonchev–Trinajstić information content (AvgIpc) is 3.17. The first-order valence-corrected chi connectivity index (χ1v) is 10.2. The van der Waals surface area contributed by atoms with Crippen molar-refractivity contribution in [3.05, 3.63) is 48.3 Å². The lowest BCUT2D eigenvalue weighted by Gasteiger charge is -2.35. The van der Waals surface area contributed by atoms with E-state index in [1.807, 2.05) is 55.4 Å². The molecule has 0 bridgehead atoms. The molecule has 2 N–H and O–H groups in total. The van der Waals surface area contributed by atoms with Crippen molar-refractivity contribution in [1.29, 1.82) is 0 Å². The van der Waals surface area contributed by atoms with Crippen molar-refractivity contribution in [2.24, 2.45) is 12.0 Å². The number of rotatable bonds is 7. The third kappa shape index (κ3) is 5.82. The maximum atomic E-state index is 12.6. The van der Waals surface area contributed by atoms with E-state index in [4.69, 9.17) is 0 Å². The highest BCUT2D eigenvalue weighted by molar-refractivity contribution is 5.98. The van der Waals surface area contributed by atoms with Gasteiger partial charge in [0, 0.05) is 39.4 Å². The van der Waals surface area contributed by atoms with Gasteiger partial charge in [0.05, 0.1) is 11.9 Å². The zero-order chi connectivity index (χ0) is 21.3. The van der Waals surface area contributed by atoms with E-state index in [-0.39, 0.29) is 24.9 Å². The molecule has 30 heavy (non-hydrogen) atoms. The largest absolute Gasteiger partial charge is 0.356 e. The van der Waals surface area contributed by atoms with E-state index in [0.29, 0.717) is 32.1 Å². The van der Waals surface area contributed by atoms with E-state index in [1.54, 1.807) is 15.8 Å². The summed E-state index contributed by atoms with van der Waals surface area (Å²) in [5.74, 6) is 0.420. The van der Waals surface area contributed by atoms with Gasteiger partial charge in [-0.05, 0) is 18.9 Å². The molecule has 1 aromatic carbocycles. The highest BCUT2D eigenvalue weighted by Crippen LogP contribution is 2.16. The monoisotopic (exact) mass is 411 g/mol. The third-order valence-electron chi connectivity index (χ3n) is 4.81. The molecule has 2 aromatic rings. The highest BCUT2D eigenvalue weighted by atomic mass is 16.2. The molecule has 0 saturated carbocycles. The van der Waals surface area contributed by atoms with Crippen LogP contribution in [0.2, 0.25) is 0 Å². The second-order valence-corrected chi connectivity index (χ2v) is 7.09. The predicted octanol–water partition coefficient (Wildman–Crippen LogP) is 0.393. The Labute approximate surface area is 176 Å². The molecule has 1 aliphatic rings. The van der Waals surface area contributed by atoms with Gasteiger partial charge in [-0.1, -0.05) is 30.3 Å². The van der Waals surface area contributed by atoms with E-state index >= 15 is 0 Å². The molecule has 1 saturated heterocycles. The van der Waals surface area contributed by atoms with Gasteiger partial charge in [0.1, 0.15) is 13.1 Å². The Morgan fingerprint density at radius 1 is 1.20 bits per heavy atom. The lowest BCUT2D eigenvalue weighted by Crippen LogP contribution is -2.55. The number of benzene rings is 1. The summed E-state index contributed by atoms with van der Waals surface area (Å²) >= 11 is 0. The summed E-state index contributed by atoms with van der Waals surface area (Å²) in [4.78, 5) is 32.8. The fraction of sp³-hybridized carbons (Fsp3) is 0.429. The molecule has 0 aliphatic carbocycles. The summed E-state index contributed by atoms with van der Waals surface area (Å²) in [6.45, 7) is 4.58. The van der Waals surface area contributed by atoms with Crippen LogP contribution in [0.15, 0.2) is 47.7 Å². The van der Waals surface area contributed by atoms with Gasteiger partial charge in [-0.25, -0.2) is 4.99 Å². The minimum absolute atomic E-state index is 0.0211. The van der Waals surface area contributed by atoms with Crippen LogP contribution < -0.4 is 15.5 Å². The smallest absolute Gasteiger partial charge is 0.246 e. The number of hydrogen-bond donors (Lipinski definition) is 2. The van der Waals surface area contributed by atoms with Crippen LogP contribution in [-0.4, -0.2) is 71.7 Å². The summed E-state index contributed by atoms with van der Waals surface area (Å²) in [5, 5.41) is 10.2. The molecule has 3 rings (SSSR count). The Morgan fingerprint density at radius 2 is 2.00 bits per heavy atom. The summed E-state index contributed by atoms with van der Waals surface area (Å²) in [5.41, 5.74) is 1.97. The lowest BCUT2D eigenvalue weighted by molar-refractivity contribution is -0.120. The standard InChI is InChI=1S/C21H29N7O2/c1-3-22-21(24-14-19(29)23-10-9-17-7-5-4-6-8-17)27-11-12-28(20(30)16-27)18-13-25-26(2)15-18/h4-8,13,15H,3,9-12,14,16H2,1-2H3,(H,22,24)(H,23,29). The van der Waals surface area contributed by atoms with Crippen molar-refractivity contribution < 1.29 is 9.59 Å². The number of nitrogens with one attached hydrogen (secondary N) is 2. The Hall–Kier alpha value is -3.36. The van der Waals surface area contributed by atoms with E-state index in [0.717, 1.165) is 12.1 Å². The normalized spacial score (nSPS) is 14.7. The van der Waals surface area contributed by atoms with Crippen LogP contribution >= 0.6 is 0 Å². The maximum absolute atomic E-state index is 12.6. The molecule has 0 radical (unpaired) electrons. The summed E-state index contributed by atoms with van der Waals surface area (Å²) in [6, 6.07) is 10.0. The number of carbonyl (C=O) groups excluding carboxylic acids is 2. The predicted molar refractivity (Wildman–Crippen MR) is 116 cm³/mol. The number of piperazine rings is 1. The molecule has 160 valence electrons. The van der Waals surface area contributed by atoms with Crippen molar-refractivity contribution in [2.45, 2.75) is 13.3 Å². The Bertz CT molecular complexity index is 878. The molecule has 2 amide bonds. The van der Waals surface area contributed by atoms with Crippen molar-refractivity contribution >= 4 is 23.5 Å². The minimum atomic E-state index is -0.137. The van der Waals surface area contributed by atoms with Crippen LogP contribution in [0.1, 0.15) is 12.5 Å². The van der Waals surface area contributed by atoms with E-state index in [1.165, 1.54) is 5.56 Å². The summed E-state index contributed by atoms with van der Waals surface area (Å²) in [7, 11) is 1.82. The van der Waals surface area contributed by atoms with Gasteiger partial charge in [0.2, 0.25) is 11.8 Å². The number of guanidine groups is 1. The molecule has 1 aromatic heterocycles. The molecule has 1 aliphatic heterocycles. The first kappa shape index (κ1) is 21.4. The average molecular weight is 412 g/mol. The van der Waals surface area contributed by atoms with Gasteiger partial charge in [0.15, 0.2) is 5.96 Å². The van der Waals surface area contributed by atoms with Crippen LogP contribution in [0.5, 0.6) is 0 Å². The van der Waals surface area contributed by atoms with Crippen molar-refractivity contribution in [3.8, 4) is 0 Å². The number of anilines is 1. The van der Waals surface area contributed by atoms with E-state index in [9.17, 15) is 9.59 Å². The SMILES string of the molecule is CCNC(=NCC(=O)NCCc1ccccc1)N1CCN(c2cnn(C)c2)C(=O)C1. The molecular weight excluding hydrogens is 382 g/mol. The second kappa shape index (κ2) is 10.4. The van der Waals surface area contributed by atoms with Gasteiger partial charge in [-0.3, -0.25) is 14.3 Å². The Kier molecular flexibility index (Phi) is 7.42. The van der Waals surface area contributed by atoms with Gasteiger partial charge in [0.25, 0.3) is 0 Å². The first-order chi connectivity index (χ1) is 14.6. The van der Waals surface area contributed by atoms with Crippen LogP contribution in [0.3, 0.4) is 0 Å². The van der Waals surface area contributed by atoms with Crippen molar-refractivity contribution in [1.82, 2.24) is 25.3 Å². The second-order valence-electron chi connectivity index (χ2n) is 7.09. The molecule has 9 nitrogen and oxygen atoms in total. The lowest BCUT2D eigenvalue weighted by atomic mass is 10.1. The molecule has 0 unspecified atom stereocenters. The summed E-state index contributed by atoms with van der Waals surface area (Å²) < 4.78 is 1.68. The Balaban J connectivity index is 1.51. The number of aliphatic imine (C=N–C) groups is 1. The molecule has 9 heteroatoms. The first-order valence-electron chi connectivity index (χ1n) is 10.2. The molecule has 2 heterocycles. The van der Waals surface area contributed by atoms with Gasteiger partial charge in [-0.2, -0.15) is 5.10 Å². The topological polar surface area (TPSA) is 94.9 Å². The number of hydrogen-bond acceptors (Lipinski definition) is 4. The van der Waals surface area contributed by atoms with Gasteiger partial charge < -0.3 is 20.4 Å². The van der Waals surface area contributed by atoms with Crippen molar-refractivity contribution in [3.63, 3.8) is 0 Å². The fourth-order valence-corrected chi connectivity index (χ4v) is 3.29. The van der Waals surface area contributed by atoms with E-state index < -0.39 is 0 Å². The molecular formula is C21H29N7O2.